The maximum atomic E-state index is 9.39. The van der Waals surface area contributed by atoms with Gasteiger partial charge in [0.25, 0.3) is 0 Å². The van der Waals surface area contributed by atoms with Gasteiger partial charge in [0.2, 0.25) is 0 Å². The van der Waals surface area contributed by atoms with Crippen molar-refractivity contribution in [2.45, 2.75) is 19.4 Å². The number of piperazine rings is 1. The van der Waals surface area contributed by atoms with E-state index in [1.165, 1.54) is 22.3 Å². The molecule has 2 aromatic rings. The van der Waals surface area contributed by atoms with Gasteiger partial charge in [-0.2, -0.15) is 5.26 Å². The zero-order valence-electron chi connectivity index (χ0n) is 15.4. The van der Waals surface area contributed by atoms with Crippen LogP contribution >= 0.6 is 0 Å². The van der Waals surface area contributed by atoms with Crippen molar-refractivity contribution >= 4 is 5.57 Å². The van der Waals surface area contributed by atoms with Gasteiger partial charge in [0, 0.05) is 38.3 Å². The average Bonchev–Trinajstić information content (AvgIpc) is 2.84. The molecule has 1 saturated heterocycles. The summed E-state index contributed by atoms with van der Waals surface area (Å²) in [6.07, 6.45) is 2.72. The van der Waals surface area contributed by atoms with E-state index in [0.717, 1.165) is 44.7 Å². The zero-order chi connectivity index (χ0) is 17.9. The lowest BCUT2D eigenvalue weighted by Gasteiger charge is -2.39. The fourth-order valence-electron chi connectivity index (χ4n) is 4.39. The molecule has 26 heavy (non-hydrogen) atoms. The SMILES string of the molecule is CCN1CCN(C2Cc3ccccc3/C(=C\C#N)c3ccccc32)CC1. The molecule has 1 heterocycles. The summed E-state index contributed by atoms with van der Waals surface area (Å²) in [5, 5.41) is 9.39. The number of allylic oxidation sites excluding steroid dienone is 1. The summed E-state index contributed by atoms with van der Waals surface area (Å²) >= 11 is 0. The fourth-order valence-corrected chi connectivity index (χ4v) is 4.39. The van der Waals surface area contributed by atoms with Gasteiger partial charge in [-0.15, -0.1) is 0 Å². The quantitative estimate of drug-likeness (QED) is 0.775. The highest BCUT2D eigenvalue weighted by Crippen LogP contribution is 2.40. The molecule has 1 atom stereocenters. The Hall–Kier alpha value is -2.41. The summed E-state index contributed by atoms with van der Waals surface area (Å²) in [5.41, 5.74) is 6.18. The Morgan fingerprint density at radius 2 is 1.69 bits per heavy atom. The minimum Gasteiger partial charge on any atom is -0.301 e. The lowest BCUT2D eigenvalue weighted by atomic mass is 9.93. The van der Waals surface area contributed by atoms with Crippen molar-refractivity contribution in [1.29, 1.82) is 5.26 Å². The molecule has 3 nitrogen and oxygen atoms in total. The number of benzene rings is 2. The number of rotatable bonds is 2. The van der Waals surface area contributed by atoms with Crippen molar-refractivity contribution in [3.63, 3.8) is 0 Å². The number of nitriles is 1. The van der Waals surface area contributed by atoms with Crippen LogP contribution < -0.4 is 0 Å². The maximum absolute atomic E-state index is 9.39. The maximum Gasteiger partial charge on any atom is 0.0918 e. The third kappa shape index (κ3) is 3.07. The summed E-state index contributed by atoms with van der Waals surface area (Å²) in [6, 6.07) is 19.9. The first kappa shape index (κ1) is 17.0. The molecule has 0 spiro atoms. The van der Waals surface area contributed by atoms with Crippen LogP contribution in [0, 0.1) is 11.3 Å². The van der Waals surface area contributed by atoms with Gasteiger partial charge >= 0.3 is 0 Å². The predicted octanol–water partition coefficient (Wildman–Crippen LogP) is 3.88. The minimum atomic E-state index is 0.371. The molecule has 4 rings (SSSR count). The molecule has 0 bridgehead atoms. The van der Waals surface area contributed by atoms with Crippen LogP contribution in [0.5, 0.6) is 0 Å². The van der Waals surface area contributed by atoms with Gasteiger partial charge in [-0.05, 0) is 40.8 Å². The zero-order valence-corrected chi connectivity index (χ0v) is 15.4. The summed E-state index contributed by atoms with van der Waals surface area (Å²) in [4.78, 5) is 5.16. The molecule has 1 fully saturated rings. The molecular formula is C23H25N3. The van der Waals surface area contributed by atoms with Crippen molar-refractivity contribution in [3.8, 4) is 6.07 Å². The number of hydrogen-bond acceptors (Lipinski definition) is 3. The molecule has 0 radical (unpaired) electrons. The molecule has 1 unspecified atom stereocenters. The van der Waals surface area contributed by atoms with E-state index in [0.29, 0.717) is 6.04 Å². The smallest absolute Gasteiger partial charge is 0.0918 e. The third-order valence-electron chi connectivity index (χ3n) is 5.83. The van der Waals surface area contributed by atoms with Crippen LogP contribution in [0.3, 0.4) is 0 Å². The lowest BCUT2D eigenvalue weighted by molar-refractivity contribution is 0.0989. The van der Waals surface area contributed by atoms with Gasteiger partial charge in [-0.1, -0.05) is 55.5 Å². The van der Waals surface area contributed by atoms with E-state index in [-0.39, 0.29) is 0 Å². The Morgan fingerprint density at radius 1 is 1.00 bits per heavy atom. The molecule has 0 N–H and O–H groups in total. The van der Waals surface area contributed by atoms with Crippen LogP contribution in [0.1, 0.15) is 35.2 Å². The number of nitrogens with zero attached hydrogens (tertiary/aromatic N) is 3. The largest absolute Gasteiger partial charge is 0.301 e. The monoisotopic (exact) mass is 343 g/mol. The minimum absolute atomic E-state index is 0.371. The Morgan fingerprint density at radius 3 is 2.42 bits per heavy atom. The van der Waals surface area contributed by atoms with Gasteiger partial charge < -0.3 is 4.90 Å². The topological polar surface area (TPSA) is 30.3 Å². The lowest BCUT2D eigenvalue weighted by Crippen LogP contribution is -2.47. The molecule has 2 aliphatic rings. The van der Waals surface area contributed by atoms with Gasteiger partial charge in [0.05, 0.1) is 6.07 Å². The van der Waals surface area contributed by atoms with E-state index in [1.807, 2.05) is 0 Å². The highest BCUT2D eigenvalue weighted by Gasteiger charge is 2.30. The van der Waals surface area contributed by atoms with Crippen LogP contribution in [0.25, 0.3) is 5.57 Å². The molecule has 0 amide bonds. The van der Waals surface area contributed by atoms with E-state index in [4.69, 9.17) is 0 Å². The van der Waals surface area contributed by atoms with Gasteiger partial charge in [0.1, 0.15) is 0 Å². The van der Waals surface area contributed by atoms with E-state index in [1.54, 1.807) is 6.08 Å². The first-order valence-electron chi connectivity index (χ1n) is 9.55. The van der Waals surface area contributed by atoms with Gasteiger partial charge in [-0.25, -0.2) is 0 Å². The van der Waals surface area contributed by atoms with Crippen molar-refractivity contribution in [3.05, 3.63) is 76.9 Å². The summed E-state index contributed by atoms with van der Waals surface area (Å²) in [6.45, 7) is 7.85. The number of fused-ring (bicyclic) bond motifs is 2. The second kappa shape index (κ2) is 7.45. The Labute approximate surface area is 156 Å². The molecule has 3 heteroatoms. The van der Waals surface area contributed by atoms with E-state index >= 15 is 0 Å². The average molecular weight is 343 g/mol. The standard InChI is InChI=1S/C23H25N3/c1-2-25-13-15-26(16-14-25)23-17-18-7-3-4-8-19(18)21(11-12-24)20-9-5-6-10-22(20)23/h3-11,23H,2,13-17H2,1H3/b21-11+. The Bertz CT molecular complexity index is 854. The second-order valence-electron chi connectivity index (χ2n) is 7.12. The molecule has 2 aromatic carbocycles. The van der Waals surface area contributed by atoms with Crippen molar-refractivity contribution < 1.29 is 0 Å². The fraction of sp³-hybridized carbons (Fsp3) is 0.348. The molecular weight excluding hydrogens is 318 g/mol. The summed E-state index contributed by atoms with van der Waals surface area (Å²) in [5.74, 6) is 0. The highest BCUT2D eigenvalue weighted by molar-refractivity contribution is 5.85. The van der Waals surface area contributed by atoms with Crippen molar-refractivity contribution in [1.82, 2.24) is 9.80 Å². The first-order valence-corrected chi connectivity index (χ1v) is 9.55. The number of likely N-dealkylation sites (N-methyl/N-ethyl adjacent to an activating group) is 1. The normalized spacial score (nSPS) is 22.3. The van der Waals surface area contributed by atoms with Crippen LogP contribution in [0.4, 0.5) is 0 Å². The first-order chi connectivity index (χ1) is 12.8. The van der Waals surface area contributed by atoms with Crippen LogP contribution in [0.15, 0.2) is 54.6 Å². The summed E-state index contributed by atoms with van der Waals surface area (Å²) in [7, 11) is 0. The highest BCUT2D eigenvalue weighted by atomic mass is 15.3. The second-order valence-corrected chi connectivity index (χ2v) is 7.12. The molecule has 0 aromatic heterocycles. The molecule has 0 saturated carbocycles. The number of hydrogen-bond donors (Lipinski definition) is 0. The molecule has 1 aliphatic heterocycles. The van der Waals surface area contributed by atoms with Crippen LogP contribution in [-0.2, 0) is 6.42 Å². The van der Waals surface area contributed by atoms with E-state index in [9.17, 15) is 5.26 Å². The van der Waals surface area contributed by atoms with E-state index < -0.39 is 0 Å². The third-order valence-corrected chi connectivity index (χ3v) is 5.83. The predicted molar refractivity (Wildman–Crippen MR) is 106 cm³/mol. The van der Waals surface area contributed by atoms with Crippen LogP contribution in [0.2, 0.25) is 0 Å². The van der Waals surface area contributed by atoms with Crippen molar-refractivity contribution in [2.75, 3.05) is 32.7 Å². The van der Waals surface area contributed by atoms with E-state index in [2.05, 4.69) is 71.3 Å². The Balaban J connectivity index is 1.80. The molecule has 1 aliphatic carbocycles. The van der Waals surface area contributed by atoms with Crippen molar-refractivity contribution in [2.24, 2.45) is 0 Å². The Kier molecular flexibility index (Phi) is 4.88. The molecule has 132 valence electrons. The van der Waals surface area contributed by atoms with Gasteiger partial charge in [-0.3, -0.25) is 4.90 Å². The van der Waals surface area contributed by atoms with Crippen LogP contribution in [-0.4, -0.2) is 42.5 Å². The summed E-state index contributed by atoms with van der Waals surface area (Å²) < 4.78 is 0. The van der Waals surface area contributed by atoms with Gasteiger partial charge in [0.15, 0.2) is 0 Å².